The summed E-state index contributed by atoms with van der Waals surface area (Å²) in [7, 11) is 1.32. The zero-order chi connectivity index (χ0) is 25.4. The molecule has 2 aromatic heterocycles. The maximum atomic E-state index is 13.6. The van der Waals surface area contributed by atoms with Gasteiger partial charge in [-0.3, -0.25) is 14.2 Å². The van der Waals surface area contributed by atoms with Crippen LogP contribution in [0.1, 0.15) is 41.6 Å². The van der Waals surface area contributed by atoms with Crippen LogP contribution in [-0.2, 0) is 9.53 Å². The lowest BCUT2D eigenvalue weighted by atomic mass is 9.96. The number of nitrogens with zero attached hydrogens (tertiary/aromatic N) is 2. The Kier molecular flexibility index (Phi) is 6.12. The summed E-state index contributed by atoms with van der Waals surface area (Å²) in [5, 5.41) is 0. The zero-order valence-electron chi connectivity index (χ0n) is 19.8. The van der Waals surface area contributed by atoms with Crippen molar-refractivity contribution in [3.05, 3.63) is 115 Å². The van der Waals surface area contributed by atoms with Crippen LogP contribution in [0.4, 0.5) is 0 Å². The minimum atomic E-state index is -0.649. The van der Waals surface area contributed by atoms with Gasteiger partial charge < -0.3 is 9.15 Å². The Morgan fingerprint density at radius 1 is 1.06 bits per heavy atom. The Labute approximate surface area is 210 Å². The van der Waals surface area contributed by atoms with Crippen LogP contribution >= 0.6 is 11.3 Å². The molecule has 2 aromatic carbocycles. The first-order valence-electron chi connectivity index (χ1n) is 11.2. The highest BCUT2D eigenvalue weighted by atomic mass is 32.1. The van der Waals surface area contributed by atoms with Crippen molar-refractivity contribution in [2.45, 2.75) is 19.9 Å². The average molecular weight is 499 g/mol. The number of Topliss-reactive ketones (excluding diaryl/α,β-unsaturated/α-hetero) is 1. The molecule has 1 unspecified atom stereocenters. The largest absolute Gasteiger partial charge is 0.466 e. The van der Waals surface area contributed by atoms with Gasteiger partial charge in [0.1, 0.15) is 11.5 Å². The van der Waals surface area contributed by atoms with E-state index < -0.39 is 12.0 Å². The van der Waals surface area contributed by atoms with E-state index in [1.807, 2.05) is 48.5 Å². The van der Waals surface area contributed by atoms with Crippen molar-refractivity contribution < 1.29 is 18.7 Å². The lowest BCUT2D eigenvalue weighted by molar-refractivity contribution is -0.136. The third kappa shape index (κ3) is 4.16. The third-order valence-electron chi connectivity index (χ3n) is 6.02. The summed E-state index contributed by atoms with van der Waals surface area (Å²) in [5.41, 5.74) is 2.80. The number of methoxy groups -OCH3 is 1. The van der Waals surface area contributed by atoms with Gasteiger partial charge in [-0.2, -0.15) is 0 Å². The topological polar surface area (TPSA) is 90.9 Å². The predicted octanol–water partition coefficient (Wildman–Crippen LogP) is 3.87. The fraction of sp³-hybridized carbons (Fsp3) is 0.143. The van der Waals surface area contributed by atoms with Gasteiger partial charge in [-0.15, -0.1) is 0 Å². The van der Waals surface area contributed by atoms with Gasteiger partial charge in [-0.25, -0.2) is 9.79 Å². The molecule has 0 aliphatic carbocycles. The van der Waals surface area contributed by atoms with Crippen molar-refractivity contribution in [2.75, 3.05) is 7.11 Å². The van der Waals surface area contributed by atoms with E-state index in [9.17, 15) is 14.4 Å². The van der Waals surface area contributed by atoms with E-state index in [2.05, 4.69) is 4.99 Å². The van der Waals surface area contributed by atoms with Gasteiger partial charge >= 0.3 is 5.97 Å². The molecule has 0 fully saturated rings. The minimum absolute atomic E-state index is 0.00328. The summed E-state index contributed by atoms with van der Waals surface area (Å²) in [6.07, 6.45) is 1.68. The van der Waals surface area contributed by atoms with Gasteiger partial charge in [0.15, 0.2) is 10.6 Å². The fourth-order valence-corrected chi connectivity index (χ4v) is 5.25. The number of benzene rings is 2. The monoisotopic (exact) mass is 498 g/mol. The number of hydrogen-bond donors (Lipinski definition) is 0. The molecule has 36 heavy (non-hydrogen) atoms. The van der Waals surface area contributed by atoms with Crippen molar-refractivity contribution in [1.29, 1.82) is 0 Å². The maximum absolute atomic E-state index is 13.6. The van der Waals surface area contributed by atoms with E-state index in [1.54, 1.807) is 31.2 Å². The van der Waals surface area contributed by atoms with Crippen LogP contribution in [0.2, 0.25) is 0 Å². The molecule has 0 spiro atoms. The van der Waals surface area contributed by atoms with Crippen LogP contribution in [0, 0.1) is 0 Å². The summed E-state index contributed by atoms with van der Waals surface area (Å²) in [6.45, 7) is 3.27. The Balaban J connectivity index is 1.59. The molecule has 1 aliphatic rings. The first kappa shape index (κ1) is 23.4. The number of aromatic nitrogens is 1. The molecule has 3 heterocycles. The molecular formula is C28H22N2O5S. The number of esters is 1. The van der Waals surface area contributed by atoms with E-state index >= 15 is 0 Å². The molecule has 8 heteroatoms. The number of allylic oxidation sites excluding steroid dienone is 1. The number of furan rings is 1. The number of carbonyl (C=O) groups is 2. The molecule has 7 nitrogen and oxygen atoms in total. The van der Waals surface area contributed by atoms with Crippen LogP contribution in [-0.4, -0.2) is 23.4 Å². The summed E-state index contributed by atoms with van der Waals surface area (Å²) < 4.78 is 13.0. The SMILES string of the molecule is COC(=O)C1=C(C)N=c2sc(=Cc3ccc(-c4ccc(C(C)=O)cc4)o3)c(=O)n2C1c1ccccc1. The predicted molar refractivity (Wildman–Crippen MR) is 136 cm³/mol. The molecule has 1 aliphatic heterocycles. The van der Waals surface area contributed by atoms with Gasteiger partial charge in [0.05, 0.1) is 29.0 Å². The highest BCUT2D eigenvalue weighted by molar-refractivity contribution is 7.07. The second kappa shape index (κ2) is 9.39. The number of ketones is 1. The van der Waals surface area contributed by atoms with Gasteiger partial charge in [0, 0.05) is 17.2 Å². The van der Waals surface area contributed by atoms with Crippen LogP contribution < -0.4 is 14.9 Å². The van der Waals surface area contributed by atoms with E-state index in [0.29, 0.717) is 37.7 Å². The molecular weight excluding hydrogens is 476 g/mol. The Morgan fingerprint density at radius 2 is 1.78 bits per heavy atom. The summed E-state index contributed by atoms with van der Waals surface area (Å²) >= 11 is 1.24. The smallest absolute Gasteiger partial charge is 0.338 e. The van der Waals surface area contributed by atoms with Crippen LogP contribution in [0.25, 0.3) is 17.4 Å². The lowest BCUT2D eigenvalue weighted by Crippen LogP contribution is -2.39. The van der Waals surface area contributed by atoms with Crippen molar-refractivity contribution in [3.63, 3.8) is 0 Å². The first-order valence-corrected chi connectivity index (χ1v) is 12.1. The highest BCUT2D eigenvalue weighted by Crippen LogP contribution is 2.30. The van der Waals surface area contributed by atoms with Crippen molar-refractivity contribution in [1.82, 2.24) is 4.57 Å². The number of ether oxygens (including phenoxy) is 1. The molecule has 4 aromatic rings. The van der Waals surface area contributed by atoms with Crippen LogP contribution in [0.15, 0.2) is 92.2 Å². The van der Waals surface area contributed by atoms with Crippen molar-refractivity contribution >= 4 is 29.2 Å². The Morgan fingerprint density at radius 3 is 2.44 bits per heavy atom. The van der Waals surface area contributed by atoms with Crippen LogP contribution in [0.5, 0.6) is 0 Å². The average Bonchev–Trinajstić information content (AvgIpc) is 3.48. The third-order valence-corrected chi connectivity index (χ3v) is 7.00. The molecule has 0 saturated heterocycles. The summed E-state index contributed by atoms with van der Waals surface area (Å²) in [6, 6.07) is 19.5. The normalized spacial score (nSPS) is 15.4. The van der Waals surface area contributed by atoms with E-state index in [-0.39, 0.29) is 11.3 Å². The zero-order valence-corrected chi connectivity index (χ0v) is 20.7. The highest BCUT2D eigenvalue weighted by Gasteiger charge is 2.32. The molecule has 0 bridgehead atoms. The number of carbonyl (C=O) groups excluding carboxylic acids is 2. The second-order valence-electron chi connectivity index (χ2n) is 8.32. The molecule has 0 saturated carbocycles. The molecule has 5 rings (SSSR count). The Bertz CT molecular complexity index is 1690. The summed E-state index contributed by atoms with van der Waals surface area (Å²) in [4.78, 5) is 42.8. The molecule has 0 amide bonds. The molecule has 0 N–H and O–H groups in total. The number of thiazole rings is 1. The summed E-state index contributed by atoms with van der Waals surface area (Å²) in [5.74, 6) is 0.600. The minimum Gasteiger partial charge on any atom is -0.466 e. The maximum Gasteiger partial charge on any atom is 0.338 e. The second-order valence-corrected chi connectivity index (χ2v) is 9.33. The molecule has 0 radical (unpaired) electrons. The standard InChI is InChI=1S/C28H22N2O5S/c1-16-24(27(33)34-3)25(20-7-5-4-6-8-20)30-26(32)23(36-28(30)29-16)15-21-13-14-22(35-21)19-11-9-18(10-12-19)17(2)31/h4-15,25H,1-3H3. The van der Waals surface area contributed by atoms with Gasteiger partial charge in [-0.1, -0.05) is 65.9 Å². The van der Waals surface area contributed by atoms with Gasteiger partial charge in [0.25, 0.3) is 5.56 Å². The molecule has 180 valence electrons. The quantitative estimate of drug-likeness (QED) is 0.308. The van der Waals surface area contributed by atoms with Crippen molar-refractivity contribution in [2.24, 2.45) is 4.99 Å². The molecule has 1 atom stereocenters. The van der Waals surface area contributed by atoms with Crippen LogP contribution in [0.3, 0.4) is 0 Å². The first-order chi connectivity index (χ1) is 17.4. The Hall–Kier alpha value is -4.30. The van der Waals surface area contributed by atoms with E-state index in [0.717, 1.165) is 11.1 Å². The number of fused-ring (bicyclic) bond motifs is 1. The van der Waals surface area contributed by atoms with Gasteiger partial charge in [-0.05, 0) is 31.5 Å². The fourth-order valence-electron chi connectivity index (χ4n) is 4.23. The number of hydrogen-bond acceptors (Lipinski definition) is 7. The van der Waals surface area contributed by atoms with E-state index in [4.69, 9.17) is 9.15 Å². The van der Waals surface area contributed by atoms with Gasteiger partial charge in [0.2, 0.25) is 0 Å². The lowest BCUT2D eigenvalue weighted by Gasteiger charge is -2.24. The van der Waals surface area contributed by atoms with Crippen molar-refractivity contribution in [3.8, 4) is 11.3 Å². The van der Waals surface area contributed by atoms with E-state index in [1.165, 1.54) is 29.9 Å². The number of rotatable bonds is 5.